The quantitative estimate of drug-likeness (QED) is 0.767. The highest BCUT2D eigenvalue weighted by atomic mass is 16.5. The molecule has 0 bridgehead atoms. The van der Waals surface area contributed by atoms with E-state index in [1.54, 1.807) is 0 Å². The highest BCUT2D eigenvalue weighted by molar-refractivity contribution is 4.79. The number of hydrogen-bond acceptors (Lipinski definition) is 3. The standard InChI is InChI=1S/C12H26N2O/c1-10(12(2,3)4)13-8-11-9-14(5)6-7-15-11/h10-11,13H,6-9H2,1-5H3. The molecule has 0 saturated carbocycles. The van der Waals surface area contributed by atoms with E-state index in [0.717, 1.165) is 26.2 Å². The molecular formula is C12H26N2O. The molecule has 3 nitrogen and oxygen atoms in total. The Hall–Kier alpha value is -0.120. The first kappa shape index (κ1) is 12.9. The number of nitrogens with zero attached hydrogens (tertiary/aromatic N) is 1. The van der Waals surface area contributed by atoms with Crippen molar-refractivity contribution in [1.29, 1.82) is 0 Å². The third-order valence-electron chi connectivity index (χ3n) is 3.29. The van der Waals surface area contributed by atoms with E-state index in [1.807, 2.05) is 0 Å². The molecule has 0 radical (unpaired) electrons. The highest BCUT2D eigenvalue weighted by Crippen LogP contribution is 2.18. The maximum absolute atomic E-state index is 5.71. The molecule has 0 spiro atoms. The molecule has 1 heterocycles. The Morgan fingerprint density at radius 3 is 2.67 bits per heavy atom. The molecule has 1 N–H and O–H groups in total. The summed E-state index contributed by atoms with van der Waals surface area (Å²) in [5, 5.41) is 3.56. The van der Waals surface area contributed by atoms with Crippen LogP contribution >= 0.6 is 0 Å². The van der Waals surface area contributed by atoms with Crippen LogP contribution in [-0.4, -0.2) is 50.3 Å². The second kappa shape index (κ2) is 5.28. The molecule has 0 aromatic heterocycles. The summed E-state index contributed by atoms with van der Waals surface area (Å²) in [6, 6.07) is 0.522. The topological polar surface area (TPSA) is 24.5 Å². The van der Waals surface area contributed by atoms with Gasteiger partial charge in [-0.1, -0.05) is 20.8 Å². The Morgan fingerprint density at radius 2 is 2.13 bits per heavy atom. The largest absolute Gasteiger partial charge is 0.374 e. The first-order valence-corrected chi connectivity index (χ1v) is 5.93. The van der Waals surface area contributed by atoms with E-state index >= 15 is 0 Å². The second-order valence-electron chi connectivity index (χ2n) is 5.75. The fourth-order valence-corrected chi connectivity index (χ4v) is 1.60. The maximum atomic E-state index is 5.71. The number of rotatable bonds is 3. The molecule has 0 amide bonds. The van der Waals surface area contributed by atoms with Crippen molar-refractivity contribution in [2.75, 3.05) is 33.3 Å². The third kappa shape index (κ3) is 4.49. The summed E-state index contributed by atoms with van der Waals surface area (Å²) in [5.74, 6) is 0. The minimum atomic E-state index is 0.320. The lowest BCUT2D eigenvalue weighted by Gasteiger charge is -2.33. The van der Waals surface area contributed by atoms with Crippen LogP contribution in [0.15, 0.2) is 0 Å². The van der Waals surface area contributed by atoms with Gasteiger partial charge in [-0.25, -0.2) is 0 Å². The molecule has 90 valence electrons. The van der Waals surface area contributed by atoms with Gasteiger partial charge in [0.05, 0.1) is 12.7 Å². The van der Waals surface area contributed by atoms with Crippen molar-refractivity contribution in [3.8, 4) is 0 Å². The summed E-state index contributed by atoms with van der Waals surface area (Å²) in [6.45, 7) is 13.0. The van der Waals surface area contributed by atoms with E-state index in [9.17, 15) is 0 Å². The summed E-state index contributed by atoms with van der Waals surface area (Å²) >= 11 is 0. The fourth-order valence-electron chi connectivity index (χ4n) is 1.60. The molecule has 1 rings (SSSR count). The molecule has 1 saturated heterocycles. The van der Waals surface area contributed by atoms with Crippen LogP contribution in [0.4, 0.5) is 0 Å². The fraction of sp³-hybridized carbons (Fsp3) is 1.00. The maximum Gasteiger partial charge on any atom is 0.0826 e. The van der Waals surface area contributed by atoms with Gasteiger partial charge < -0.3 is 15.0 Å². The van der Waals surface area contributed by atoms with Crippen molar-refractivity contribution >= 4 is 0 Å². The van der Waals surface area contributed by atoms with Crippen LogP contribution in [-0.2, 0) is 4.74 Å². The molecule has 3 heteroatoms. The molecule has 15 heavy (non-hydrogen) atoms. The Labute approximate surface area is 94.2 Å². The Balaban J connectivity index is 2.24. The van der Waals surface area contributed by atoms with Crippen LogP contribution in [0.2, 0.25) is 0 Å². The van der Waals surface area contributed by atoms with E-state index in [2.05, 4.69) is 45.0 Å². The predicted molar refractivity (Wildman–Crippen MR) is 64.2 cm³/mol. The Bertz CT molecular complexity index is 189. The van der Waals surface area contributed by atoms with E-state index in [0.29, 0.717) is 17.6 Å². The van der Waals surface area contributed by atoms with Gasteiger partial charge in [-0.15, -0.1) is 0 Å². The predicted octanol–water partition coefficient (Wildman–Crippen LogP) is 1.34. The molecule has 2 unspecified atom stereocenters. The number of nitrogens with one attached hydrogen (secondary N) is 1. The van der Waals surface area contributed by atoms with Crippen LogP contribution in [0, 0.1) is 5.41 Å². The molecule has 2 atom stereocenters. The first-order valence-electron chi connectivity index (χ1n) is 5.93. The molecule has 1 fully saturated rings. The summed E-state index contributed by atoms with van der Waals surface area (Å²) in [7, 11) is 2.16. The van der Waals surface area contributed by atoms with Gasteiger partial charge in [0.25, 0.3) is 0 Å². The van der Waals surface area contributed by atoms with Gasteiger partial charge >= 0.3 is 0 Å². The van der Waals surface area contributed by atoms with E-state index < -0.39 is 0 Å². The minimum Gasteiger partial charge on any atom is -0.374 e. The van der Waals surface area contributed by atoms with Gasteiger partial charge in [-0.05, 0) is 19.4 Å². The van der Waals surface area contributed by atoms with Gasteiger partial charge in [-0.2, -0.15) is 0 Å². The molecule has 0 aromatic rings. The van der Waals surface area contributed by atoms with Crippen LogP contribution in [0.25, 0.3) is 0 Å². The van der Waals surface area contributed by atoms with Crippen molar-refractivity contribution < 1.29 is 4.74 Å². The average Bonchev–Trinajstić information content (AvgIpc) is 2.12. The van der Waals surface area contributed by atoms with Gasteiger partial charge in [0.2, 0.25) is 0 Å². The van der Waals surface area contributed by atoms with E-state index in [4.69, 9.17) is 4.74 Å². The normalized spacial score (nSPS) is 26.6. The molecule has 1 aliphatic heterocycles. The van der Waals surface area contributed by atoms with Crippen LogP contribution in [0.1, 0.15) is 27.7 Å². The lowest BCUT2D eigenvalue weighted by molar-refractivity contribution is -0.0205. The average molecular weight is 214 g/mol. The third-order valence-corrected chi connectivity index (χ3v) is 3.29. The van der Waals surface area contributed by atoms with Crippen molar-refractivity contribution in [2.45, 2.75) is 39.8 Å². The molecule has 0 aromatic carbocycles. The lowest BCUT2D eigenvalue weighted by Crippen LogP contribution is -2.48. The SMILES string of the molecule is CC(NCC1CN(C)CCO1)C(C)(C)C. The van der Waals surface area contributed by atoms with Gasteiger partial charge in [0, 0.05) is 25.7 Å². The number of ether oxygens (including phenoxy) is 1. The zero-order valence-electron chi connectivity index (χ0n) is 10.8. The smallest absolute Gasteiger partial charge is 0.0826 e. The Morgan fingerprint density at radius 1 is 1.47 bits per heavy atom. The number of morpholine rings is 1. The van der Waals surface area contributed by atoms with Crippen LogP contribution in [0.5, 0.6) is 0 Å². The Kier molecular flexibility index (Phi) is 4.56. The zero-order valence-corrected chi connectivity index (χ0v) is 10.8. The first-order chi connectivity index (χ1) is 6.89. The summed E-state index contributed by atoms with van der Waals surface area (Å²) < 4.78 is 5.71. The zero-order chi connectivity index (χ0) is 11.5. The molecule has 0 aliphatic carbocycles. The highest BCUT2D eigenvalue weighted by Gasteiger charge is 2.22. The van der Waals surface area contributed by atoms with Gasteiger partial charge in [0.1, 0.15) is 0 Å². The summed E-state index contributed by atoms with van der Waals surface area (Å²) in [6.07, 6.45) is 0.355. The second-order valence-corrected chi connectivity index (χ2v) is 5.75. The van der Waals surface area contributed by atoms with E-state index in [1.165, 1.54) is 0 Å². The summed E-state index contributed by atoms with van der Waals surface area (Å²) in [4.78, 5) is 2.33. The number of hydrogen-bond donors (Lipinski definition) is 1. The van der Waals surface area contributed by atoms with Crippen molar-refractivity contribution in [3.05, 3.63) is 0 Å². The van der Waals surface area contributed by atoms with Crippen LogP contribution < -0.4 is 5.32 Å². The number of likely N-dealkylation sites (N-methyl/N-ethyl adjacent to an activating group) is 1. The molecule has 1 aliphatic rings. The molecular weight excluding hydrogens is 188 g/mol. The van der Waals surface area contributed by atoms with Crippen molar-refractivity contribution in [1.82, 2.24) is 10.2 Å². The van der Waals surface area contributed by atoms with Crippen LogP contribution in [0.3, 0.4) is 0 Å². The lowest BCUT2D eigenvalue weighted by atomic mass is 9.88. The van der Waals surface area contributed by atoms with E-state index in [-0.39, 0.29) is 0 Å². The monoisotopic (exact) mass is 214 g/mol. The summed E-state index contributed by atoms with van der Waals surface area (Å²) in [5.41, 5.74) is 0.320. The van der Waals surface area contributed by atoms with Gasteiger partial charge in [-0.3, -0.25) is 0 Å². The van der Waals surface area contributed by atoms with Crippen molar-refractivity contribution in [3.63, 3.8) is 0 Å². The minimum absolute atomic E-state index is 0.320. The van der Waals surface area contributed by atoms with Gasteiger partial charge in [0.15, 0.2) is 0 Å². The van der Waals surface area contributed by atoms with Crippen molar-refractivity contribution in [2.24, 2.45) is 5.41 Å².